The Bertz CT molecular complexity index is 191. The predicted octanol–water partition coefficient (Wildman–Crippen LogP) is 1.23. The molecule has 0 fully saturated rings. The number of hydrogen-bond acceptors (Lipinski definition) is 4. The monoisotopic (exact) mass is 203 g/mol. The lowest BCUT2D eigenvalue weighted by atomic mass is 10.2. The van der Waals surface area contributed by atoms with Gasteiger partial charge in [-0.05, 0) is 0 Å². The molecule has 0 heterocycles. The Balaban J connectivity index is 3.93. The van der Waals surface area contributed by atoms with E-state index in [1.54, 1.807) is 27.9 Å². The average Bonchev–Trinajstić information content (AvgIpc) is 2.03. The SMILES string of the molecule is CC(OC(=O)C(C)C)OC(=O)N(C)C. The molecule has 0 saturated carbocycles. The van der Waals surface area contributed by atoms with Gasteiger partial charge in [0, 0.05) is 21.0 Å². The van der Waals surface area contributed by atoms with E-state index >= 15 is 0 Å². The van der Waals surface area contributed by atoms with Gasteiger partial charge in [-0.3, -0.25) is 4.79 Å². The van der Waals surface area contributed by atoms with Crippen LogP contribution in [0.5, 0.6) is 0 Å². The van der Waals surface area contributed by atoms with Crippen LogP contribution in [-0.4, -0.2) is 37.3 Å². The number of carbonyl (C=O) groups is 2. The van der Waals surface area contributed by atoms with E-state index in [9.17, 15) is 9.59 Å². The number of amides is 1. The van der Waals surface area contributed by atoms with Crippen molar-refractivity contribution >= 4 is 12.1 Å². The van der Waals surface area contributed by atoms with Crippen molar-refractivity contribution < 1.29 is 19.1 Å². The van der Waals surface area contributed by atoms with E-state index in [0.717, 1.165) is 0 Å². The second-order valence-electron chi connectivity index (χ2n) is 3.44. The van der Waals surface area contributed by atoms with Gasteiger partial charge in [0.15, 0.2) is 0 Å². The largest absolute Gasteiger partial charge is 0.425 e. The van der Waals surface area contributed by atoms with E-state index < -0.39 is 12.4 Å². The molecule has 0 N–H and O–H groups in total. The zero-order chi connectivity index (χ0) is 11.3. The summed E-state index contributed by atoms with van der Waals surface area (Å²) >= 11 is 0. The van der Waals surface area contributed by atoms with Crippen LogP contribution in [0.2, 0.25) is 0 Å². The Labute approximate surface area is 84.0 Å². The maximum Gasteiger partial charge on any atom is 0.412 e. The Kier molecular flexibility index (Phi) is 4.97. The Hall–Kier alpha value is -1.26. The van der Waals surface area contributed by atoms with Gasteiger partial charge >= 0.3 is 12.1 Å². The van der Waals surface area contributed by atoms with Crippen molar-refractivity contribution in [3.8, 4) is 0 Å². The molecule has 0 bridgehead atoms. The summed E-state index contributed by atoms with van der Waals surface area (Å²) in [7, 11) is 3.11. The highest BCUT2D eigenvalue weighted by atomic mass is 16.7. The molecule has 82 valence electrons. The Morgan fingerprint density at radius 3 is 1.93 bits per heavy atom. The zero-order valence-electron chi connectivity index (χ0n) is 9.23. The van der Waals surface area contributed by atoms with E-state index in [2.05, 4.69) is 0 Å². The number of ether oxygens (including phenoxy) is 2. The average molecular weight is 203 g/mol. The molecular formula is C9H17NO4. The maximum atomic E-state index is 11.1. The quantitative estimate of drug-likeness (QED) is 0.511. The fourth-order valence-electron chi connectivity index (χ4n) is 0.571. The van der Waals surface area contributed by atoms with Crippen molar-refractivity contribution in [1.82, 2.24) is 4.90 Å². The third kappa shape index (κ3) is 4.69. The van der Waals surface area contributed by atoms with Crippen LogP contribution in [0.4, 0.5) is 4.79 Å². The van der Waals surface area contributed by atoms with E-state index in [1.165, 1.54) is 11.8 Å². The highest BCUT2D eigenvalue weighted by Gasteiger charge is 2.16. The van der Waals surface area contributed by atoms with Crippen molar-refractivity contribution in [3.63, 3.8) is 0 Å². The van der Waals surface area contributed by atoms with Crippen LogP contribution >= 0.6 is 0 Å². The lowest BCUT2D eigenvalue weighted by Gasteiger charge is -2.17. The number of carbonyl (C=O) groups excluding carboxylic acids is 2. The molecule has 0 aromatic heterocycles. The number of hydrogen-bond donors (Lipinski definition) is 0. The van der Waals surface area contributed by atoms with Crippen molar-refractivity contribution in [2.45, 2.75) is 27.1 Å². The second-order valence-corrected chi connectivity index (χ2v) is 3.44. The summed E-state index contributed by atoms with van der Waals surface area (Å²) in [5.74, 6) is -0.612. The summed E-state index contributed by atoms with van der Waals surface area (Å²) in [6.07, 6.45) is -1.38. The normalized spacial score (nSPS) is 12.1. The van der Waals surface area contributed by atoms with Crippen LogP contribution in [0.3, 0.4) is 0 Å². The lowest BCUT2D eigenvalue weighted by Crippen LogP contribution is -2.30. The first kappa shape index (κ1) is 12.7. The minimum atomic E-state index is -0.847. The maximum absolute atomic E-state index is 11.1. The lowest BCUT2D eigenvalue weighted by molar-refractivity contribution is -0.169. The third-order valence-electron chi connectivity index (χ3n) is 1.39. The smallest absolute Gasteiger partial charge is 0.412 e. The first-order valence-electron chi connectivity index (χ1n) is 4.43. The molecular weight excluding hydrogens is 186 g/mol. The molecule has 0 aliphatic carbocycles. The Morgan fingerprint density at radius 1 is 1.07 bits per heavy atom. The minimum Gasteiger partial charge on any atom is -0.425 e. The van der Waals surface area contributed by atoms with E-state index in [1.807, 2.05) is 0 Å². The molecule has 0 radical (unpaired) electrons. The first-order valence-corrected chi connectivity index (χ1v) is 4.43. The number of rotatable bonds is 3. The summed E-state index contributed by atoms with van der Waals surface area (Å²) in [4.78, 5) is 23.4. The van der Waals surface area contributed by atoms with E-state index in [-0.39, 0.29) is 11.9 Å². The molecule has 0 rings (SSSR count). The van der Waals surface area contributed by atoms with Gasteiger partial charge in [0.25, 0.3) is 0 Å². The molecule has 5 heteroatoms. The highest BCUT2D eigenvalue weighted by molar-refractivity contribution is 5.72. The van der Waals surface area contributed by atoms with Crippen LogP contribution < -0.4 is 0 Å². The molecule has 0 spiro atoms. The highest BCUT2D eigenvalue weighted by Crippen LogP contribution is 2.02. The van der Waals surface area contributed by atoms with Gasteiger partial charge in [0.1, 0.15) is 0 Å². The van der Waals surface area contributed by atoms with Gasteiger partial charge in [-0.2, -0.15) is 0 Å². The van der Waals surface area contributed by atoms with Crippen molar-refractivity contribution in [2.75, 3.05) is 14.1 Å². The molecule has 0 aliphatic heterocycles. The topological polar surface area (TPSA) is 55.8 Å². The molecule has 1 unspecified atom stereocenters. The van der Waals surface area contributed by atoms with Crippen LogP contribution in [-0.2, 0) is 14.3 Å². The summed E-state index contributed by atoms with van der Waals surface area (Å²) in [5, 5.41) is 0. The van der Waals surface area contributed by atoms with Crippen molar-refractivity contribution in [1.29, 1.82) is 0 Å². The van der Waals surface area contributed by atoms with Crippen molar-refractivity contribution in [2.24, 2.45) is 5.92 Å². The molecule has 0 aliphatic rings. The van der Waals surface area contributed by atoms with Gasteiger partial charge in [-0.25, -0.2) is 4.79 Å². The fourth-order valence-corrected chi connectivity index (χ4v) is 0.571. The standard InChI is InChI=1S/C9H17NO4/c1-6(2)8(11)13-7(3)14-9(12)10(4)5/h6-7H,1-5H3. The molecule has 1 atom stereocenters. The van der Waals surface area contributed by atoms with Crippen LogP contribution in [0.1, 0.15) is 20.8 Å². The molecule has 14 heavy (non-hydrogen) atoms. The van der Waals surface area contributed by atoms with E-state index in [0.29, 0.717) is 0 Å². The molecule has 0 aromatic rings. The van der Waals surface area contributed by atoms with E-state index in [4.69, 9.17) is 9.47 Å². The van der Waals surface area contributed by atoms with Gasteiger partial charge < -0.3 is 14.4 Å². The first-order chi connectivity index (χ1) is 6.34. The molecule has 1 amide bonds. The summed E-state index contributed by atoms with van der Waals surface area (Å²) in [5.41, 5.74) is 0. The Morgan fingerprint density at radius 2 is 1.57 bits per heavy atom. The summed E-state index contributed by atoms with van der Waals surface area (Å²) < 4.78 is 9.60. The van der Waals surface area contributed by atoms with Gasteiger partial charge in [-0.1, -0.05) is 13.8 Å². The van der Waals surface area contributed by atoms with Crippen LogP contribution in [0.15, 0.2) is 0 Å². The van der Waals surface area contributed by atoms with Gasteiger partial charge in [0.05, 0.1) is 5.92 Å². The summed E-state index contributed by atoms with van der Waals surface area (Å²) in [6, 6.07) is 0. The van der Waals surface area contributed by atoms with Gasteiger partial charge in [-0.15, -0.1) is 0 Å². The number of esters is 1. The van der Waals surface area contributed by atoms with Crippen LogP contribution in [0.25, 0.3) is 0 Å². The molecule has 0 saturated heterocycles. The minimum absolute atomic E-state index is 0.226. The molecule has 5 nitrogen and oxygen atoms in total. The van der Waals surface area contributed by atoms with Gasteiger partial charge in [0.2, 0.25) is 6.29 Å². The molecule has 0 aromatic carbocycles. The second kappa shape index (κ2) is 5.47. The predicted molar refractivity (Wildman–Crippen MR) is 50.6 cm³/mol. The van der Waals surface area contributed by atoms with Crippen molar-refractivity contribution in [3.05, 3.63) is 0 Å². The van der Waals surface area contributed by atoms with Crippen LogP contribution in [0, 0.1) is 5.92 Å². The number of nitrogens with zero attached hydrogens (tertiary/aromatic N) is 1. The fraction of sp³-hybridized carbons (Fsp3) is 0.778. The zero-order valence-corrected chi connectivity index (χ0v) is 9.23. The summed E-state index contributed by atoms with van der Waals surface area (Å²) in [6.45, 7) is 4.92. The third-order valence-corrected chi connectivity index (χ3v) is 1.39.